The zero-order chi connectivity index (χ0) is 12.8. The van der Waals surface area contributed by atoms with Crippen LogP contribution in [0.3, 0.4) is 0 Å². The molecule has 0 saturated carbocycles. The van der Waals surface area contributed by atoms with Crippen LogP contribution in [-0.4, -0.2) is 14.6 Å². The average Bonchev–Trinajstić information content (AvgIpc) is 2.92. The van der Waals surface area contributed by atoms with Gasteiger partial charge in [-0.1, -0.05) is 50.9 Å². The van der Waals surface area contributed by atoms with E-state index in [0.29, 0.717) is 0 Å². The van der Waals surface area contributed by atoms with Crippen molar-refractivity contribution >= 4 is 16.3 Å². The highest BCUT2D eigenvalue weighted by Gasteiger charge is 2.13. The molecule has 0 bridgehead atoms. The van der Waals surface area contributed by atoms with Gasteiger partial charge in [-0.25, -0.2) is 9.50 Å². The summed E-state index contributed by atoms with van der Waals surface area (Å²) in [5, 5.41) is 4.36. The molecule has 0 N–H and O–H groups in total. The number of unbranched alkanes of at least 4 members (excludes halogenated alkanes) is 4. The van der Waals surface area contributed by atoms with Gasteiger partial charge in [-0.2, -0.15) is 5.10 Å². The first-order chi connectivity index (χ1) is 8.86. The van der Waals surface area contributed by atoms with Crippen LogP contribution >= 0.6 is 11.3 Å². The van der Waals surface area contributed by atoms with Gasteiger partial charge < -0.3 is 0 Å². The van der Waals surface area contributed by atoms with Gasteiger partial charge in [-0.05, 0) is 25.7 Å². The van der Waals surface area contributed by atoms with E-state index in [-0.39, 0.29) is 0 Å². The summed E-state index contributed by atoms with van der Waals surface area (Å²) < 4.78 is 2.06. The van der Waals surface area contributed by atoms with E-state index >= 15 is 0 Å². The van der Waals surface area contributed by atoms with E-state index in [2.05, 4.69) is 28.4 Å². The van der Waals surface area contributed by atoms with Gasteiger partial charge in [0.1, 0.15) is 6.33 Å². The summed E-state index contributed by atoms with van der Waals surface area (Å²) in [6.07, 6.45) is 11.8. The number of fused-ring (bicyclic) bond motifs is 1. The molecular weight excluding hydrogens is 242 g/mol. The van der Waals surface area contributed by atoms with E-state index in [1.165, 1.54) is 55.5 Å². The van der Waals surface area contributed by atoms with Gasteiger partial charge in [0.2, 0.25) is 4.96 Å². The first-order valence-electron chi connectivity index (χ1n) is 7.17. The van der Waals surface area contributed by atoms with Crippen LogP contribution in [-0.2, 0) is 12.8 Å². The summed E-state index contributed by atoms with van der Waals surface area (Å²) in [6.45, 7) is 4.51. The molecule has 0 fully saturated rings. The average molecular weight is 265 g/mol. The van der Waals surface area contributed by atoms with Crippen molar-refractivity contribution in [1.29, 1.82) is 0 Å². The molecular formula is C14H23N3S. The van der Waals surface area contributed by atoms with Crippen LogP contribution in [0.1, 0.15) is 62.9 Å². The maximum absolute atomic E-state index is 4.36. The van der Waals surface area contributed by atoms with Crippen LogP contribution < -0.4 is 0 Å². The van der Waals surface area contributed by atoms with Gasteiger partial charge in [-0.15, -0.1) is 0 Å². The van der Waals surface area contributed by atoms with Gasteiger partial charge in [0, 0.05) is 4.88 Å². The van der Waals surface area contributed by atoms with Gasteiger partial charge in [0.15, 0.2) is 0 Å². The number of thiazole rings is 1. The van der Waals surface area contributed by atoms with Crippen molar-refractivity contribution in [1.82, 2.24) is 14.6 Å². The summed E-state index contributed by atoms with van der Waals surface area (Å²) in [5.74, 6) is 0. The lowest BCUT2D eigenvalue weighted by Gasteiger charge is -2.03. The normalized spacial score (nSPS) is 11.4. The Kier molecular flexibility index (Phi) is 5.17. The first-order valence-corrected chi connectivity index (χ1v) is 7.98. The number of aromatic nitrogens is 3. The molecule has 0 spiro atoms. The molecule has 0 aliphatic rings. The van der Waals surface area contributed by atoms with E-state index < -0.39 is 0 Å². The number of hydrogen-bond acceptors (Lipinski definition) is 3. The molecule has 0 amide bonds. The van der Waals surface area contributed by atoms with E-state index in [9.17, 15) is 0 Å². The van der Waals surface area contributed by atoms with Crippen LogP contribution in [0, 0.1) is 0 Å². The largest absolute Gasteiger partial charge is 0.212 e. The second-order valence-corrected chi connectivity index (χ2v) is 5.90. The SMILES string of the molecule is CCCCCc1sc2ncnn2c1CCCCC. The van der Waals surface area contributed by atoms with Crippen LogP contribution in [0.2, 0.25) is 0 Å². The van der Waals surface area contributed by atoms with Gasteiger partial charge in [0.05, 0.1) is 5.69 Å². The number of rotatable bonds is 8. The molecule has 2 rings (SSSR count). The summed E-state index contributed by atoms with van der Waals surface area (Å²) in [4.78, 5) is 6.90. The predicted molar refractivity (Wildman–Crippen MR) is 77.3 cm³/mol. The molecule has 3 nitrogen and oxygen atoms in total. The second-order valence-electron chi connectivity index (χ2n) is 4.84. The number of aryl methyl sites for hydroxylation is 2. The monoisotopic (exact) mass is 265 g/mol. The van der Waals surface area contributed by atoms with Gasteiger partial charge in [0.25, 0.3) is 0 Å². The van der Waals surface area contributed by atoms with Gasteiger partial charge >= 0.3 is 0 Å². The minimum atomic E-state index is 1.06. The molecule has 0 atom stereocenters. The summed E-state index contributed by atoms with van der Waals surface area (Å²) >= 11 is 1.83. The fraction of sp³-hybridized carbons (Fsp3) is 0.714. The molecule has 2 heterocycles. The van der Waals surface area contributed by atoms with Crippen LogP contribution in [0.5, 0.6) is 0 Å². The highest BCUT2D eigenvalue weighted by molar-refractivity contribution is 7.17. The highest BCUT2D eigenvalue weighted by atomic mass is 32.1. The molecule has 0 saturated heterocycles. The third-order valence-corrected chi connectivity index (χ3v) is 4.48. The zero-order valence-corrected chi connectivity index (χ0v) is 12.3. The Hall–Kier alpha value is -0.900. The van der Waals surface area contributed by atoms with E-state index in [1.54, 1.807) is 6.33 Å². The molecule has 0 unspecified atom stereocenters. The maximum atomic E-state index is 4.36. The molecule has 18 heavy (non-hydrogen) atoms. The van der Waals surface area contributed by atoms with E-state index in [1.807, 2.05) is 11.3 Å². The first kappa shape index (κ1) is 13.5. The van der Waals surface area contributed by atoms with Crippen molar-refractivity contribution in [3.63, 3.8) is 0 Å². The van der Waals surface area contributed by atoms with E-state index in [0.717, 1.165) is 11.4 Å². The minimum Gasteiger partial charge on any atom is -0.208 e. The zero-order valence-electron chi connectivity index (χ0n) is 11.5. The Morgan fingerprint density at radius 2 is 1.78 bits per heavy atom. The number of nitrogens with zero attached hydrogens (tertiary/aromatic N) is 3. The molecule has 0 aliphatic carbocycles. The molecule has 0 aliphatic heterocycles. The standard InChI is InChI=1S/C14H23N3S/c1-3-5-7-9-12-13(10-8-6-4-2)18-14-15-11-16-17(12)14/h11H,3-10H2,1-2H3. The topological polar surface area (TPSA) is 30.2 Å². The van der Waals surface area contributed by atoms with Crippen molar-refractivity contribution in [2.45, 2.75) is 65.2 Å². The molecule has 0 aromatic carbocycles. The Bertz CT molecular complexity index is 472. The van der Waals surface area contributed by atoms with Crippen LogP contribution in [0.25, 0.3) is 4.96 Å². The molecule has 100 valence electrons. The summed E-state index contributed by atoms with van der Waals surface area (Å²) in [5.41, 5.74) is 1.41. The van der Waals surface area contributed by atoms with Gasteiger partial charge in [-0.3, -0.25) is 0 Å². The van der Waals surface area contributed by atoms with Crippen molar-refractivity contribution in [3.05, 3.63) is 16.9 Å². The number of hydrogen-bond donors (Lipinski definition) is 0. The van der Waals surface area contributed by atoms with Crippen LogP contribution in [0.4, 0.5) is 0 Å². The van der Waals surface area contributed by atoms with Crippen LogP contribution in [0.15, 0.2) is 6.33 Å². The van der Waals surface area contributed by atoms with Crippen molar-refractivity contribution in [2.75, 3.05) is 0 Å². The second kappa shape index (κ2) is 6.88. The lowest BCUT2D eigenvalue weighted by molar-refractivity contribution is 0.676. The Morgan fingerprint density at radius 1 is 1.06 bits per heavy atom. The Morgan fingerprint density at radius 3 is 2.50 bits per heavy atom. The van der Waals surface area contributed by atoms with Crippen molar-refractivity contribution < 1.29 is 0 Å². The quantitative estimate of drug-likeness (QED) is 0.668. The molecule has 0 radical (unpaired) electrons. The maximum Gasteiger partial charge on any atom is 0.212 e. The molecule has 4 heteroatoms. The lowest BCUT2D eigenvalue weighted by Crippen LogP contribution is -1.98. The van der Waals surface area contributed by atoms with Crippen molar-refractivity contribution in [2.24, 2.45) is 0 Å². The molecule has 2 aromatic rings. The fourth-order valence-electron chi connectivity index (χ4n) is 2.29. The smallest absolute Gasteiger partial charge is 0.208 e. The Labute approximate surface area is 113 Å². The minimum absolute atomic E-state index is 1.06. The summed E-state index contributed by atoms with van der Waals surface area (Å²) in [6, 6.07) is 0. The highest BCUT2D eigenvalue weighted by Crippen LogP contribution is 2.25. The third kappa shape index (κ3) is 3.10. The Balaban J connectivity index is 2.10. The van der Waals surface area contributed by atoms with E-state index in [4.69, 9.17) is 0 Å². The molecule has 2 aromatic heterocycles. The third-order valence-electron chi connectivity index (χ3n) is 3.33. The predicted octanol–water partition coefficient (Wildman–Crippen LogP) is 4.26. The summed E-state index contributed by atoms with van der Waals surface area (Å²) in [7, 11) is 0. The lowest BCUT2D eigenvalue weighted by atomic mass is 10.1. The van der Waals surface area contributed by atoms with Crippen molar-refractivity contribution in [3.8, 4) is 0 Å². The fourth-order valence-corrected chi connectivity index (χ4v) is 3.41.